The number of alkyl carbamates (subject to hydrolysis) is 1. The second-order valence-electron chi connectivity index (χ2n) is 8.39. The molecular weight excluding hydrogens is 418 g/mol. The number of benzene rings is 2. The van der Waals surface area contributed by atoms with Gasteiger partial charge in [0.2, 0.25) is 0 Å². The monoisotopic (exact) mass is 444 g/mol. The Kier molecular flexibility index (Phi) is 6.41. The number of carbonyl (C=O) groups is 2. The molecule has 6 nitrogen and oxygen atoms in total. The lowest BCUT2D eigenvalue weighted by Gasteiger charge is -2.32. The van der Waals surface area contributed by atoms with E-state index in [2.05, 4.69) is 5.32 Å². The molecule has 1 aliphatic carbocycles. The van der Waals surface area contributed by atoms with E-state index in [4.69, 9.17) is 4.74 Å². The van der Waals surface area contributed by atoms with Crippen molar-refractivity contribution in [2.24, 2.45) is 0 Å². The number of hydrogen-bond acceptors (Lipinski definition) is 4. The van der Waals surface area contributed by atoms with Gasteiger partial charge >= 0.3 is 12.1 Å². The summed E-state index contributed by atoms with van der Waals surface area (Å²) in [7, 11) is 0. The van der Waals surface area contributed by atoms with Crippen LogP contribution in [-0.2, 0) is 9.53 Å². The van der Waals surface area contributed by atoms with Crippen LogP contribution in [0.1, 0.15) is 36.3 Å². The normalized spacial score (nSPS) is 18.4. The number of carboxylic acid groups (broad SMARTS) is 1. The van der Waals surface area contributed by atoms with Gasteiger partial charge in [0.1, 0.15) is 12.6 Å². The number of piperidine rings is 1. The van der Waals surface area contributed by atoms with Crippen LogP contribution in [0.3, 0.4) is 0 Å². The van der Waals surface area contributed by atoms with Gasteiger partial charge in [0, 0.05) is 18.9 Å². The van der Waals surface area contributed by atoms with Crippen LogP contribution in [0.25, 0.3) is 11.1 Å². The summed E-state index contributed by atoms with van der Waals surface area (Å²) in [6.45, 7) is 0.345. The molecule has 1 aliphatic heterocycles. The largest absolute Gasteiger partial charge is 0.480 e. The maximum Gasteiger partial charge on any atom is 0.407 e. The number of likely N-dealkylation sites (tertiary alicyclic amines) is 1. The molecule has 0 aromatic heterocycles. The smallest absolute Gasteiger partial charge is 0.407 e. The van der Waals surface area contributed by atoms with Crippen LogP contribution in [0.4, 0.5) is 13.6 Å². The predicted octanol–water partition coefficient (Wildman–Crippen LogP) is 4.10. The number of rotatable bonds is 7. The van der Waals surface area contributed by atoms with Crippen LogP contribution in [0.5, 0.6) is 0 Å². The third-order valence-electron chi connectivity index (χ3n) is 6.14. The van der Waals surface area contributed by atoms with E-state index >= 15 is 0 Å². The van der Waals surface area contributed by atoms with Crippen molar-refractivity contribution < 1.29 is 28.2 Å². The summed E-state index contributed by atoms with van der Waals surface area (Å²) in [5, 5.41) is 11.8. The number of carboxylic acids is 1. The van der Waals surface area contributed by atoms with Crippen molar-refractivity contribution >= 4 is 12.1 Å². The fourth-order valence-corrected chi connectivity index (χ4v) is 4.59. The van der Waals surface area contributed by atoms with Gasteiger partial charge in [-0.05, 0) is 41.6 Å². The molecule has 0 bridgehead atoms. The molecule has 2 N–H and O–H groups in total. The minimum atomic E-state index is -2.75. The Balaban J connectivity index is 1.34. The first kappa shape index (κ1) is 22.2. The van der Waals surface area contributed by atoms with Crippen molar-refractivity contribution in [2.75, 3.05) is 26.2 Å². The number of hydrogen-bond donors (Lipinski definition) is 2. The van der Waals surface area contributed by atoms with Gasteiger partial charge in [0.25, 0.3) is 5.92 Å². The third kappa shape index (κ3) is 4.91. The molecule has 1 atom stereocenters. The molecule has 1 fully saturated rings. The van der Waals surface area contributed by atoms with Crippen molar-refractivity contribution in [3.8, 4) is 11.1 Å². The lowest BCUT2D eigenvalue weighted by Crippen LogP contribution is -2.47. The highest BCUT2D eigenvalue weighted by molar-refractivity contribution is 5.81. The molecule has 2 aromatic rings. The average Bonchev–Trinajstić information content (AvgIpc) is 3.08. The number of fused-ring (bicyclic) bond motifs is 3. The molecule has 170 valence electrons. The van der Waals surface area contributed by atoms with E-state index in [1.165, 1.54) is 0 Å². The highest BCUT2D eigenvalue weighted by Gasteiger charge is 2.35. The summed E-state index contributed by atoms with van der Waals surface area (Å²) >= 11 is 0. The molecule has 32 heavy (non-hydrogen) atoms. The Morgan fingerprint density at radius 1 is 1.12 bits per heavy atom. The first-order chi connectivity index (χ1) is 15.3. The Labute approximate surface area is 185 Å². The third-order valence-corrected chi connectivity index (χ3v) is 6.14. The number of amides is 1. The molecule has 1 saturated heterocycles. The molecule has 0 radical (unpaired) electrons. The van der Waals surface area contributed by atoms with Crippen LogP contribution in [0.2, 0.25) is 0 Å². The van der Waals surface area contributed by atoms with Gasteiger partial charge < -0.3 is 15.2 Å². The first-order valence-electron chi connectivity index (χ1n) is 10.8. The van der Waals surface area contributed by atoms with E-state index in [1.54, 1.807) is 4.90 Å². The summed E-state index contributed by atoms with van der Waals surface area (Å²) in [4.78, 5) is 25.5. The number of nitrogens with zero attached hydrogens (tertiary/aromatic N) is 1. The predicted molar refractivity (Wildman–Crippen MR) is 115 cm³/mol. The lowest BCUT2D eigenvalue weighted by atomic mass is 9.98. The minimum Gasteiger partial charge on any atom is -0.480 e. The molecule has 8 heteroatoms. The quantitative estimate of drug-likeness (QED) is 0.672. The van der Waals surface area contributed by atoms with Crippen LogP contribution >= 0.6 is 0 Å². The summed E-state index contributed by atoms with van der Waals surface area (Å²) in [6.07, 6.45) is -0.590. The van der Waals surface area contributed by atoms with Crippen molar-refractivity contribution in [2.45, 2.75) is 37.1 Å². The van der Waals surface area contributed by atoms with E-state index in [-0.39, 0.29) is 38.5 Å². The Bertz CT molecular complexity index is 952. The second kappa shape index (κ2) is 9.24. The number of halogens is 2. The summed E-state index contributed by atoms with van der Waals surface area (Å²) in [5.74, 6) is -4.11. The molecule has 1 amide bonds. The van der Waals surface area contributed by atoms with Gasteiger partial charge in [-0.3, -0.25) is 4.90 Å². The molecule has 2 aliphatic rings. The maximum absolute atomic E-state index is 13.6. The van der Waals surface area contributed by atoms with E-state index in [9.17, 15) is 23.5 Å². The van der Waals surface area contributed by atoms with Crippen molar-refractivity contribution in [1.82, 2.24) is 10.2 Å². The number of alkyl halides is 2. The SMILES string of the molecule is O=C(N[C@@H](CCN1CCCC(F)(F)C1)C(=O)O)OCC1c2ccccc2-c2ccccc21. The molecular formula is C24H26F2N2O4. The fraction of sp³-hybridized carbons (Fsp3) is 0.417. The Hall–Kier alpha value is -3.00. The molecule has 1 heterocycles. The standard InChI is InChI=1S/C24H26F2N2O4/c25-24(26)11-5-12-28(15-24)13-10-21(22(29)30)27-23(31)32-14-20-18-8-3-1-6-16(18)17-7-2-4-9-19(17)20/h1-4,6-9,20-21H,5,10-15H2,(H,27,31)(H,29,30)/t21-/m0/s1. The van der Waals surface area contributed by atoms with Gasteiger partial charge in [-0.15, -0.1) is 0 Å². The van der Waals surface area contributed by atoms with Gasteiger partial charge in [0.15, 0.2) is 0 Å². The molecule has 4 rings (SSSR count). The van der Waals surface area contributed by atoms with E-state index in [0.29, 0.717) is 13.0 Å². The zero-order valence-electron chi connectivity index (χ0n) is 17.6. The molecule has 0 unspecified atom stereocenters. The van der Waals surface area contributed by atoms with Crippen LogP contribution in [-0.4, -0.2) is 60.3 Å². The number of ether oxygens (including phenoxy) is 1. The van der Waals surface area contributed by atoms with Gasteiger partial charge in [0.05, 0.1) is 6.54 Å². The van der Waals surface area contributed by atoms with Crippen molar-refractivity contribution in [3.05, 3.63) is 59.7 Å². The zero-order valence-corrected chi connectivity index (χ0v) is 17.6. The fourth-order valence-electron chi connectivity index (χ4n) is 4.59. The minimum absolute atomic E-state index is 0.0234. The summed E-state index contributed by atoms with van der Waals surface area (Å²) in [5.41, 5.74) is 4.31. The van der Waals surface area contributed by atoms with E-state index in [0.717, 1.165) is 22.3 Å². The number of carbonyl (C=O) groups excluding carboxylic acids is 1. The molecule has 0 spiro atoms. The Morgan fingerprint density at radius 3 is 2.34 bits per heavy atom. The van der Waals surface area contributed by atoms with Crippen LogP contribution in [0, 0.1) is 0 Å². The second-order valence-corrected chi connectivity index (χ2v) is 8.39. The van der Waals surface area contributed by atoms with Crippen molar-refractivity contribution in [1.29, 1.82) is 0 Å². The number of nitrogens with one attached hydrogen (secondary N) is 1. The summed E-state index contributed by atoms with van der Waals surface area (Å²) in [6, 6.07) is 14.6. The first-order valence-corrected chi connectivity index (χ1v) is 10.8. The van der Waals surface area contributed by atoms with Gasteiger partial charge in [-0.1, -0.05) is 48.5 Å². The zero-order chi connectivity index (χ0) is 22.7. The molecule has 2 aromatic carbocycles. The highest BCUT2D eigenvalue weighted by atomic mass is 19.3. The highest BCUT2D eigenvalue weighted by Crippen LogP contribution is 2.44. The lowest BCUT2D eigenvalue weighted by molar-refractivity contribution is -0.139. The summed E-state index contributed by atoms with van der Waals surface area (Å²) < 4.78 is 32.5. The topological polar surface area (TPSA) is 78.9 Å². The van der Waals surface area contributed by atoms with E-state index < -0.39 is 24.0 Å². The van der Waals surface area contributed by atoms with Gasteiger partial charge in [-0.2, -0.15) is 0 Å². The maximum atomic E-state index is 13.6. The molecule has 0 saturated carbocycles. The van der Waals surface area contributed by atoms with E-state index in [1.807, 2.05) is 48.5 Å². The van der Waals surface area contributed by atoms with Gasteiger partial charge in [-0.25, -0.2) is 18.4 Å². The number of aliphatic carboxylic acids is 1. The van der Waals surface area contributed by atoms with Crippen LogP contribution in [0.15, 0.2) is 48.5 Å². The average molecular weight is 444 g/mol. The Morgan fingerprint density at radius 2 is 1.75 bits per heavy atom. The van der Waals surface area contributed by atoms with Crippen LogP contribution < -0.4 is 5.32 Å². The van der Waals surface area contributed by atoms with Crippen molar-refractivity contribution in [3.63, 3.8) is 0 Å².